The highest BCUT2D eigenvalue weighted by Gasteiger charge is 2.35. The molecule has 1 aliphatic heterocycles. The zero-order chi connectivity index (χ0) is 14.5. The Kier molecular flexibility index (Phi) is 6.81. The summed E-state index contributed by atoms with van der Waals surface area (Å²) in [6.45, 7) is 8.24. The molecule has 0 amide bonds. The van der Waals surface area contributed by atoms with Gasteiger partial charge in [-0.25, -0.2) is 8.42 Å². The first-order chi connectivity index (χ1) is 8.88. The molecular weight excluding hydrogens is 326 g/mol. The van der Waals surface area contributed by atoms with Crippen molar-refractivity contribution in [2.75, 3.05) is 29.9 Å². The van der Waals surface area contributed by atoms with Gasteiger partial charge in [0.1, 0.15) is 0 Å². The SMILES string of the molecule is CCCC(CBr)(CCC)CN1CCS(=O)(=O)CC1C. The highest BCUT2D eigenvalue weighted by molar-refractivity contribution is 9.09. The zero-order valence-electron chi connectivity index (χ0n) is 12.5. The van der Waals surface area contributed by atoms with Gasteiger partial charge < -0.3 is 0 Å². The Morgan fingerprint density at radius 1 is 1.26 bits per heavy atom. The van der Waals surface area contributed by atoms with Crippen LogP contribution in [0.2, 0.25) is 0 Å². The highest BCUT2D eigenvalue weighted by Crippen LogP contribution is 2.34. The fourth-order valence-electron chi connectivity index (χ4n) is 3.22. The van der Waals surface area contributed by atoms with Crippen LogP contribution in [-0.2, 0) is 9.84 Å². The van der Waals surface area contributed by atoms with Crippen molar-refractivity contribution in [2.24, 2.45) is 5.41 Å². The molecule has 0 aliphatic carbocycles. The summed E-state index contributed by atoms with van der Waals surface area (Å²) in [6, 6.07) is 0.158. The van der Waals surface area contributed by atoms with Crippen LogP contribution < -0.4 is 0 Å². The number of rotatable bonds is 7. The third-order valence-electron chi connectivity index (χ3n) is 4.19. The first kappa shape index (κ1) is 17.4. The van der Waals surface area contributed by atoms with Gasteiger partial charge in [0.2, 0.25) is 0 Å². The minimum Gasteiger partial charge on any atom is -0.298 e. The predicted molar refractivity (Wildman–Crippen MR) is 85.7 cm³/mol. The normalized spacial score (nSPS) is 24.5. The van der Waals surface area contributed by atoms with Crippen LogP contribution in [-0.4, -0.2) is 49.3 Å². The summed E-state index contributed by atoms with van der Waals surface area (Å²) in [5, 5.41) is 1.01. The molecule has 19 heavy (non-hydrogen) atoms. The molecule has 0 radical (unpaired) electrons. The minimum atomic E-state index is -2.81. The summed E-state index contributed by atoms with van der Waals surface area (Å²) in [6.07, 6.45) is 4.79. The maximum absolute atomic E-state index is 11.7. The second kappa shape index (κ2) is 7.41. The molecule has 0 N–H and O–H groups in total. The van der Waals surface area contributed by atoms with Gasteiger partial charge in [0.25, 0.3) is 0 Å². The molecule has 1 rings (SSSR count). The predicted octanol–water partition coefficient (Wildman–Crippen LogP) is 3.09. The van der Waals surface area contributed by atoms with Gasteiger partial charge in [-0.1, -0.05) is 42.6 Å². The molecule has 0 spiro atoms. The molecule has 0 aromatic rings. The Morgan fingerprint density at radius 3 is 2.26 bits per heavy atom. The Balaban J connectivity index is 2.73. The summed E-state index contributed by atoms with van der Waals surface area (Å²) >= 11 is 3.70. The summed E-state index contributed by atoms with van der Waals surface area (Å²) in [7, 11) is -2.81. The molecule has 5 heteroatoms. The Hall–Kier alpha value is 0.390. The van der Waals surface area contributed by atoms with Crippen LogP contribution in [0, 0.1) is 5.41 Å². The lowest BCUT2D eigenvalue weighted by molar-refractivity contribution is 0.123. The van der Waals surface area contributed by atoms with E-state index in [0.29, 0.717) is 23.5 Å². The number of nitrogens with zero attached hydrogens (tertiary/aromatic N) is 1. The van der Waals surface area contributed by atoms with Gasteiger partial charge in [0.05, 0.1) is 11.5 Å². The number of alkyl halides is 1. The Bertz CT molecular complexity index is 364. The fourth-order valence-corrected chi connectivity index (χ4v) is 5.58. The molecular formula is C14H28BrNO2S. The molecule has 1 heterocycles. The third-order valence-corrected chi connectivity index (χ3v) is 7.17. The van der Waals surface area contributed by atoms with Crippen molar-refractivity contribution in [1.82, 2.24) is 4.90 Å². The zero-order valence-corrected chi connectivity index (χ0v) is 14.9. The summed E-state index contributed by atoms with van der Waals surface area (Å²) < 4.78 is 23.3. The van der Waals surface area contributed by atoms with E-state index in [2.05, 4.69) is 34.7 Å². The van der Waals surface area contributed by atoms with Crippen molar-refractivity contribution < 1.29 is 8.42 Å². The minimum absolute atomic E-state index is 0.158. The molecule has 1 aliphatic rings. The molecule has 0 saturated carbocycles. The van der Waals surface area contributed by atoms with Crippen LogP contribution in [0.15, 0.2) is 0 Å². The maximum atomic E-state index is 11.7. The van der Waals surface area contributed by atoms with Gasteiger partial charge in [-0.3, -0.25) is 4.90 Å². The van der Waals surface area contributed by atoms with Gasteiger partial charge in [0.15, 0.2) is 9.84 Å². The van der Waals surface area contributed by atoms with Crippen LogP contribution in [0.3, 0.4) is 0 Å². The molecule has 0 aromatic carbocycles. The van der Waals surface area contributed by atoms with E-state index in [1.807, 2.05) is 6.92 Å². The second-order valence-corrected chi connectivity index (χ2v) is 8.86. The van der Waals surface area contributed by atoms with Crippen molar-refractivity contribution in [3.63, 3.8) is 0 Å². The van der Waals surface area contributed by atoms with E-state index in [4.69, 9.17) is 0 Å². The van der Waals surface area contributed by atoms with E-state index in [1.54, 1.807) is 0 Å². The van der Waals surface area contributed by atoms with Crippen LogP contribution >= 0.6 is 15.9 Å². The lowest BCUT2D eigenvalue weighted by atomic mass is 9.80. The molecule has 1 fully saturated rings. The van der Waals surface area contributed by atoms with Crippen LogP contribution in [0.25, 0.3) is 0 Å². The highest BCUT2D eigenvalue weighted by atomic mass is 79.9. The summed E-state index contributed by atoms with van der Waals surface area (Å²) in [5.74, 6) is 0.650. The van der Waals surface area contributed by atoms with Crippen molar-refractivity contribution in [1.29, 1.82) is 0 Å². The van der Waals surface area contributed by atoms with E-state index in [9.17, 15) is 8.42 Å². The molecule has 1 atom stereocenters. The van der Waals surface area contributed by atoms with E-state index in [0.717, 1.165) is 11.9 Å². The molecule has 1 saturated heterocycles. The van der Waals surface area contributed by atoms with Crippen molar-refractivity contribution in [3.8, 4) is 0 Å². The number of hydrogen-bond donors (Lipinski definition) is 0. The first-order valence-corrected chi connectivity index (χ1v) is 10.3. The van der Waals surface area contributed by atoms with E-state index < -0.39 is 9.84 Å². The topological polar surface area (TPSA) is 37.4 Å². The first-order valence-electron chi connectivity index (χ1n) is 7.38. The van der Waals surface area contributed by atoms with Crippen LogP contribution in [0.5, 0.6) is 0 Å². The monoisotopic (exact) mass is 353 g/mol. The lowest BCUT2D eigenvalue weighted by Gasteiger charge is -2.41. The van der Waals surface area contributed by atoms with Crippen LogP contribution in [0.1, 0.15) is 46.5 Å². The number of halogens is 1. The van der Waals surface area contributed by atoms with Crippen LogP contribution in [0.4, 0.5) is 0 Å². The molecule has 0 bridgehead atoms. The lowest BCUT2D eigenvalue weighted by Crippen LogP contribution is -2.51. The average molecular weight is 354 g/mol. The van der Waals surface area contributed by atoms with Gasteiger partial charge in [-0.05, 0) is 25.2 Å². The smallest absolute Gasteiger partial charge is 0.153 e. The van der Waals surface area contributed by atoms with Crippen molar-refractivity contribution >= 4 is 25.8 Å². The second-order valence-electron chi connectivity index (χ2n) is 6.07. The summed E-state index contributed by atoms with van der Waals surface area (Å²) in [5.41, 5.74) is 0.304. The summed E-state index contributed by atoms with van der Waals surface area (Å²) in [4.78, 5) is 2.38. The van der Waals surface area contributed by atoms with Gasteiger partial charge in [-0.15, -0.1) is 0 Å². The fraction of sp³-hybridized carbons (Fsp3) is 1.00. The van der Waals surface area contributed by atoms with Gasteiger partial charge in [-0.2, -0.15) is 0 Å². The van der Waals surface area contributed by atoms with E-state index in [1.165, 1.54) is 25.7 Å². The Morgan fingerprint density at radius 2 is 1.84 bits per heavy atom. The third kappa shape index (κ3) is 5.01. The molecule has 0 aromatic heterocycles. The largest absolute Gasteiger partial charge is 0.298 e. The van der Waals surface area contributed by atoms with Crippen molar-refractivity contribution in [2.45, 2.75) is 52.5 Å². The maximum Gasteiger partial charge on any atom is 0.153 e. The number of sulfone groups is 1. The van der Waals surface area contributed by atoms with Gasteiger partial charge in [0, 0.05) is 24.5 Å². The van der Waals surface area contributed by atoms with E-state index in [-0.39, 0.29) is 6.04 Å². The average Bonchev–Trinajstić information content (AvgIpc) is 2.33. The molecule has 1 unspecified atom stereocenters. The standard InChI is InChI=1S/C14H28BrNO2S/c1-4-6-14(11-15,7-5-2)12-16-8-9-19(17,18)10-13(16)3/h13H,4-12H2,1-3H3. The van der Waals surface area contributed by atoms with E-state index >= 15 is 0 Å². The van der Waals surface area contributed by atoms with Crippen molar-refractivity contribution in [3.05, 3.63) is 0 Å². The molecule has 114 valence electrons. The Labute approximate surface area is 127 Å². The van der Waals surface area contributed by atoms with Gasteiger partial charge >= 0.3 is 0 Å². The quantitative estimate of drug-likeness (QED) is 0.660. The molecule has 3 nitrogen and oxygen atoms in total. The number of hydrogen-bond acceptors (Lipinski definition) is 3.